The number of anilines is 1. The van der Waals surface area contributed by atoms with Gasteiger partial charge in [0, 0.05) is 24.8 Å². The van der Waals surface area contributed by atoms with E-state index in [0.29, 0.717) is 24.3 Å². The van der Waals surface area contributed by atoms with Gasteiger partial charge < -0.3 is 10.6 Å². The predicted octanol–water partition coefficient (Wildman–Crippen LogP) is 2.02. The molecule has 4 rings (SSSR count). The molecule has 1 aliphatic heterocycles. The lowest BCUT2D eigenvalue weighted by Crippen LogP contribution is -2.52. The molecule has 0 atom stereocenters. The molecule has 0 aromatic carbocycles. The van der Waals surface area contributed by atoms with Crippen LogP contribution in [0.25, 0.3) is 5.82 Å². The van der Waals surface area contributed by atoms with Gasteiger partial charge in [0.2, 0.25) is 0 Å². The number of rotatable bonds is 4. The van der Waals surface area contributed by atoms with Gasteiger partial charge in [-0.1, -0.05) is 0 Å². The summed E-state index contributed by atoms with van der Waals surface area (Å²) in [7, 11) is 0. The van der Waals surface area contributed by atoms with Crippen molar-refractivity contribution in [2.45, 2.75) is 18.4 Å². The average molecular weight is 410 g/mol. The molecular formula is C17H21Cl2N7O. The molecule has 8 nitrogen and oxygen atoms in total. The van der Waals surface area contributed by atoms with Crippen molar-refractivity contribution < 1.29 is 4.79 Å². The van der Waals surface area contributed by atoms with Crippen molar-refractivity contribution >= 4 is 36.4 Å². The summed E-state index contributed by atoms with van der Waals surface area (Å²) in [4.78, 5) is 17.4. The molecule has 2 N–H and O–H groups in total. The number of halogens is 2. The van der Waals surface area contributed by atoms with Gasteiger partial charge in [-0.2, -0.15) is 10.2 Å². The molecular weight excluding hydrogens is 389 g/mol. The van der Waals surface area contributed by atoms with E-state index in [0.717, 1.165) is 13.1 Å². The van der Waals surface area contributed by atoms with Crippen molar-refractivity contribution in [3.8, 4) is 5.82 Å². The van der Waals surface area contributed by atoms with Crippen LogP contribution in [0.2, 0.25) is 0 Å². The molecule has 0 unspecified atom stereocenters. The Bertz CT molecular complexity index is 829. The quantitative estimate of drug-likeness (QED) is 0.687. The SMILES string of the molecule is Cl.Cl.O=C(Nc1ccc(-n2cccn2)nc1)C1(n2cccn2)CCNCC1. The molecule has 0 aliphatic carbocycles. The van der Waals surface area contributed by atoms with Gasteiger partial charge in [0.25, 0.3) is 5.91 Å². The monoisotopic (exact) mass is 409 g/mol. The Balaban J connectivity index is 0.00000131. The molecule has 4 heterocycles. The molecule has 10 heteroatoms. The first kappa shape index (κ1) is 20.9. The highest BCUT2D eigenvalue weighted by molar-refractivity contribution is 5.96. The molecule has 1 fully saturated rings. The third-order valence-electron chi connectivity index (χ3n) is 4.54. The minimum Gasteiger partial charge on any atom is -0.323 e. The molecule has 3 aromatic heterocycles. The van der Waals surface area contributed by atoms with Gasteiger partial charge >= 0.3 is 0 Å². The van der Waals surface area contributed by atoms with E-state index < -0.39 is 5.54 Å². The Morgan fingerprint density at radius 3 is 2.41 bits per heavy atom. The molecule has 0 spiro atoms. The van der Waals surface area contributed by atoms with Gasteiger partial charge in [-0.15, -0.1) is 24.8 Å². The second-order valence-corrected chi connectivity index (χ2v) is 6.04. The third-order valence-corrected chi connectivity index (χ3v) is 4.54. The van der Waals surface area contributed by atoms with Crippen molar-refractivity contribution in [1.82, 2.24) is 29.9 Å². The molecule has 144 valence electrons. The third kappa shape index (κ3) is 4.13. The number of hydrogen-bond donors (Lipinski definition) is 2. The number of nitrogens with one attached hydrogen (secondary N) is 2. The minimum atomic E-state index is -0.671. The zero-order valence-corrected chi connectivity index (χ0v) is 16.1. The van der Waals surface area contributed by atoms with E-state index in [-0.39, 0.29) is 30.7 Å². The summed E-state index contributed by atoms with van der Waals surface area (Å²) in [5, 5.41) is 14.8. The second kappa shape index (κ2) is 8.98. The fraction of sp³-hybridized carbons (Fsp3) is 0.294. The number of carbonyl (C=O) groups excluding carboxylic acids is 1. The van der Waals surface area contributed by atoms with Gasteiger partial charge in [0.15, 0.2) is 5.82 Å². The van der Waals surface area contributed by atoms with E-state index in [4.69, 9.17) is 0 Å². The lowest BCUT2D eigenvalue weighted by Gasteiger charge is -2.36. The highest BCUT2D eigenvalue weighted by atomic mass is 35.5. The molecule has 27 heavy (non-hydrogen) atoms. The van der Waals surface area contributed by atoms with Crippen LogP contribution >= 0.6 is 24.8 Å². The first-order valence-electron chi connectivity index (χ1n) is 8.26. The Morgan fingerprint density at radius 2 is 1.81 bits per heavy atom. The maximum Gasteiger partial charge on any atom is 0.252 e. The number of carbonyl (C=O) groups is 1. The second-order valence-electron chi connectivity index (χ2n) is 6.04. The minimum absolute atomic E-state index is 0. The standard InChI is InChI=1S/C17H19N7O.2ClH/c25-16(17(5-9-18-10-6-17)24-12-2-8-21-24)22-14-3-4-15(19-13-14)23-11-1-7-20-23;;/h1-4,7-8,11-13,18H,5-6,9-10H2,(H,22,25);2*1H. The summed E-state index contributed by atoms with van der Waals surface area (Å²) in [5.74, 6) is 0.637. The highest BCUT2D eigenvalue weighted by Gasteiger charge is 2.42. The van der Waals surface area contributed by atoms with Crippen LogP contribution in [-0.2, 0) is 10.3 Å². The normalized spacial score (nSPS) is 15.3. The van der Waals surface area contributed by atoms with Crippen LogP contribution in [0.1, 0.15) is 12.8 Å². The lowest BCUT2D eigenvalue weighted by molar-refractivity contribution is -0.126. The van der Waals surface area contributed by atoms with E-state index in [2.05, 4.69) is 25.8 Å². The number of pyridine rings is 1. The molecule has 1 saturated heterocycles. The number of piperidine rings is 1. The molecule has 3 aromatic rings. The molecule has 1 amide bonds. The van der Waals surface area contributed by atoms with Crippen LogP contribution in [-0.4, -0.2) is 43.5 Å². The van der Waals surface area contributed by atoms with E-state index in [1.165, 1.54) is 0 Å². The lowest BCUT2D eigenvalue weighted by atomic mass is 9.87. The molecule has 1 aliphatic rings. The Hall–Kier alpha value is -2.42. The summed E-state index contributed by atoms with van der Waals surface area (Å²) < 4.78 is 3.44. The maximum absolute atomic E-state index is 13.1. The fourth-order valence-corrected chi connectivity index (χ4v) is 3.17. The van der Waals surface area contributed by atoms with Gasteiger partial charge in [0.1, 0.15) is 5.54 Å². The number of hydrogen-bond acceptors (Lipinski definition) is 5. The van der Waals surface area contributed by atoms with Crippen molar-refractivity contribution in [1.29, 1.82) is 0 Å². The maximum atomic E-state index is 13.1. The Morgan fingerprint density at radius 1 is 1.07 bits per heavy atom. The first-order chi connectivity index (χ1) is 12.3. The summed E-state index contributed by atoms with van der Waals surface area (Å²) in [6, 6.07) is 7.34. The van der Waals surface area contributed by atoms with Crippen LogP contribution in [0.3, 0.4) is 0 Å². The van der Waals surface area contributed by atoms with Crippen molar-refractivity contribution in [3.63, 3.8) is 0 Å². The Kier molecular flexibility index (Phi) is 6.95. The summed E-state index contributed by atoms with van der Waals surface area (Å²) in [5.41, 5.74) is -0.0129. The summed E-state index contributed by atoms with van der Waals surface area (Å²) in [6.45, 7) is 1.56. The number of amides is 1. The van der Waals surface area contributed by atoms with Crippen molar-refractivity contribution in [2.24, 2.45) is 0 Å². The highest BCUT2D eigenvalue weighted by Crippen LogP contribution is 2.28. The zero-order valence-electron chi connectivity index (χ0n) is 14.5. The summed E-state index contributed by atoms with van der Waals surface area (Å²) in [6.07, 6.45) is 10.1. The molecule has 0 bridgehead atoms. The van der Waals surface area contributed by atoms with E-state index in [1.807, 2.05) is 36.7 Å². The van der Waals surface area contributed by atoms with Crippen LogP contribution < -0.4 is 10.6 Å². The number of aromatic nitrogens is 5. The van der Waals surface area contributed by atoms with Crippen LogP contribution in [0, 0.1) is 0 Å². The van der Waals surface area contributed by atoms with Crippen LogP contribution in [0.15, 0.2) is 55.2 Å². The number of nitrogens with zero attached hydrogens (tertiary/aromatic N) is 5. The smallest absolute Gasteiger partial charge is 0.252 e. The van der Waals surface area contributed by atoms with Crippen molar-refractivity contribution in [2.75, 3.05) is 18.4 Å². The fourth-order valence-electron chi connectivity index (χ4n) is 3.17. The average Bonchev–Trinajstić information content (AvgIpc) is 3.37. The molecule has 0 radical (unpaired) electrons. The molecule has 0 saturated carbocycles. The van der Waals surface area contributed by atoms with E-state index >= 15 is 0 Å². The first-order valence-corrected chi connectivity index (χ1v) is 8.26. The van der Waals surface area contributed by atoms with Gasteiger partial charge in [0.05, 0.1) is 11.9 Å². The van der Waals surface area contributed by atoms with Gasteiger partial charge in [-0.25, -0.2) is 9.67 Å². The Labute approximate surface area is 169 Å². The van der Waals surface area contributed by atoms with Crippen molar-refractivity contribution in [3.05, 3.63) is 55.2 Å². The van der Waals surface area contributed by atoms with E-state index in [1.54, 1.807) is 28.0 Å². The van der Waals surface area contributed by atoms with E-state index in [9.17, 15) is 4.79 Å². The predicted molar refractivity (Wildman–Crippen MR) is 107 cm³/mol. The zero-order chi connectivity index (χ0) is 17.1. The summed E-state index contributed by atoms with van der Waals surface area (Å²) >= 11 is 0. The van der Waals surface area contributed by atoms with Gasteiger partial charge in [-0.3, -0.25) is 9.48 Å². The topological polar surface area (TPSA) is 89.7 Å². The largest absolute Gasteiger partial charge is 0.323 e. The van der Waals surface area contributed by atoms with Crippen LogP contribution in [0.5, 0.6) is 0 Å². The van der Waals surface area contributed by atoms with Gasteiger partial charge in [-0.05, 0) is 50.2 Å². The van der Waals surface area contributed by atoms with Crippen LogP contribution in [0.4, 0.5) is 5.69 Å².